The fraction of sp³-hybridized carbons (Fsp3) is 0.625. The summed E-state index contributed by atoms with van der Waals surface area (Å²) in [5, 5.41) is 3.01. The quantitative estimate of drug-likeness (QED) is 0.833. The van der Waals surface area contributed by atoms with Crippen molar-refractivity contribution in [1.82, 2.24) is 5.32 Å². The molecule has 1 fully saturated rings. The molecule has 1 nitrogen and oxygen atoms in total. The second-order valence-electron chi connectivity index (χ2n) is 5.62. The molecule has 0 saturated heterocycles. The lowest BCUT2D eigenvalue weighted by Gasteiger charge is -2.36. The van der Waals surface area contributed by atoms with Gasteiger partial charge in [-0.05, 0) is 19.1 Å². The van der Waals surface area contributed by atoms with Gasteiger partial charge in [-0.25, -0.2) is 0 Å². The van der Waals surface area contributed by atoms with E-state index in [0.717, 1.165) is 12.8 Å². The molecule has 1 N–H and O–H groups in total. The number of rotatable bonds is 6. The van der Waals surface area contributed by atoms with E-state index in [9.17, 15) is 8.78 Å². The van der Waals surface area contributed by atoms with Gasteiger partial charge in [-0.15, -0.1) is 0 Å². The van der Waals surface area contributed by atoms with Crippen molar-refractivity contribution in [3.63, 3.8) is 0 Å². The van der Waals surface area contributed by atoms with Gasteiger partial charge >= 0.3 is 0 Å². The number of thioether (sulfide) groups is 1. The third kappa shape index (κ3) is 3.95. The zero-order valence-corrected chi connectivity index (χ0v) is 12.8. The van der Waals surface area contributed by atoms with Crippen LogP contribution < -0.4 is 5.32 Å². The highest BCUT2D eigenvalue weighted by atomic mass is 32.2. The molecule has 1 saturated carbocycles. The van der Waals surface area contributed by atoms with Gasteiger partial charge in [0.05, 0.1) is 6.54 Å². The van der Waals surface area contributed by atoms with Crippen molar-refractivity contribution in [2.24, 2.45) is 0 Å². The number of benzene rings is 1. The van der Waals surface area contributed by atoms with Crippen LogP contribution in [0.2, 0.25) is 0 Å². The van der Waals surface area contributed by atoms with Crippen LogP contribution in [0.1, 0.15) is 37.7 Å². The summed E-state index contributed by atoms with van der Waals surface area (Å²) in [6.45, 7) is 0.399. The molecule has 20 heavy (non-hydrogen) atoms. The lowest BCUT2D eigenvalue weighted by molar-refractivity contribution is -0.00370. The van der Waals surface area contributed by atoms with Gasteiger partial charge in [0.25, 0.3) is 5.92 Å². The molecule has 112 valence electrons. The molecular formula is C16H23F2NS. The highest BCUT2D eigenvalue weighted by Crippen LogP contribution is 2.38. The van der Waals surface area contributed by atoms with Gasteiger partial charge in [0, 0.05) is 16.9 Å². The van der Waals surface area contributed by atoms with E-state index < -0.39 is 5.92 Å². The van der Waals surface area contributed by atoms with E-state index in [4.69, 9.17) is 0 Å². The van der Waals surface area contributed by atoms with Crippen LogP contribution in [0.4, 0.5) is 8.78 Å². The largest absolute Gasteiger partial charge is 0.309 e. The first-order valence-corrected chi connectivity index (χ1v) is 8.50. The number of halogens is 2. The molecule has 0 aromatic heterocycles. The van der Waals surface area contributed by atoms with Crippen LogP contribution in [0.25, 0.3) is 0 Å². The minimum absolute atomic E-state index is 0.0920. The van der Waals surface area contributed by atoms with Gasteiger partial charge in [-0.3, -0.25) is 0 Å². The summed E-state index contributed by atoms with van der Waals surface area (Å²) in [6, 6.07) is 8.07. The van der Waals surface area contributed by atoms with Gasteiger partial charge in [-0.1, -0.05) is 49.6 Å². The van der Waals surface area contributed by atoms with E-state index in [1.54, 1.807) is 18.2 Å². The first kappa shape index (κ1) is 15.8. The van der Waals surface area contributed by atoms with Crippen LogP contribution in [0, 0.1) is 0 Å². The van der Waals surface area contributed by atoms with E-state index in [-0.39, 0.29) is 16.9 Å². The van der Waals surface area contributed by atoms with Crippen LogP contribution in [0.5, 0.6) is 0 Å². The van der Waals surface area contributed by atoms with Gasteiger partial charge < -0.3 is 5.32 Å². The number of nitrogens with one attached hydrogen (secondary N) is 1. The Labute approximate surface area is 124 Å². The van der Waals surface area contributed by atoms with Crippen LogP contribution in [-0.2, 0) is 5.92 Å². The Hall–Kier alpha value is -0.610. The summed E-state index contributed by atoms with van der Waals surface area (Å²) in [5.41, 5.74) is 0.0920. The topological polar surface area (TPSA) is 12.0 Å². The molecule has 1 aliphatic carbocycles. The van der Waals surface area contributed by atoms with Crippen molar-refractivity contribution in [2.45, 2.75) is 42.8 Å². The minimum atomic E-state index is -2.80. The minimum Gasteiger partial charge on any atom is -0.309 e. The fourth-order valence-electron chi connectivity index (χ4n) is 2.88. The van der Waals surface area contributed by atoms with Crippen molar-refractivity contribution in [3.05, 3.63) is 35.9 Å². The van der Waals surface area contributed by atoms with Crippen molar-refractivity contribution >= 4 is 11.8 Å². The molecule has 0 heterocycles. The average molecular weight is 299 g/mol. The highest BCUT2D eigenvalue weighted by molar-refractivity contribution is 8.00. The zero-order valence-electron chi connectivity index (χ0n) is 12.0. The molecule has 0 radical (unpaired) electrons. The number of hydrogen-bond donors (Lipinski definition) is 1. The molecule has 1 aliphatic rings. The van der Waals surface area contributed by atoms with Crippen molar-refractivity contribution in [1.29, 1.82) is 0 Å². The highest BCUT2D eigenvalue weighted by Gasteiger charge is 2.34. The predicted molar refractivity (Wildman–Crippen MR) is 82.5 cm³/mol. The van der Waals surface area contributed by atoms with Crippen LogP contribution in [0.15, 0.2) is 30.3 Å². The maximum atomic E-state index is 14.1. The summed E-state index contributed by atoms with van der Waals surface area (Å²) >= 11 is 1.83. The molecule has 1 aromatic rings. The standard InChI is InChI=1S/C16H23F2NS/c1-20-15(10-6-3-7-11-15)12-19-13-16(17,18)14-8-4-2-5-9-14/h2,4-5,8-9,19H,3,6-7,10-13H2,1H3. The van der Waals surface area contributed by atoms with Gasteiger partial charge in [0.15, 0.2) is 0 Å². The Kier molecular flexibility index (Phi) is 5.44. The normalized spacial score (nSPS) is 18.9. The summed E-state index contributed by atoms with van der Waals surface area (Å²) in [7, 11) is 0. The molecular weight excluding hydrogens is 276 g/mol. The van der Waals surface area contributed by atoms with E-state index >= 15 is 0 Å². The smallest absolute Gasteiger partial charge is 0.285 e. The fourth-order valence-corrected chi connectivity index (χ4v) is 3.82. The van der Waals surface area contributed by atoms with E-state index in [1.165, 1.54) is 31.4 Å². The van der Waals surface area contributed by atoms with E-state index in [1.807, 2.05) is 11.8 Å². The summed E-state index contributed by atoms with van der Waals surface area (Å²) in [6.07, 6.45) is 8.09. The van der Waals surface area contributed by atoms with Crippen LogP contribution >= 0.6 is 11.8 Å². The van der Waals surface area contributed by atoms with Crippen molar-refractivity contribution < 1.29 is 8.78 Å². The number of alkyl halides is 2. The third-order valence-electron chi connectivity index (χ3n) is 4.19. The lowest BCUT2D eigenvalue weighted by Crippen LogP contribution is -2.42. The van der Waals surface area contributed by atoms with E-state index in [2.05, 4.69) is 11.6 Å². The first-order chi connectivity index (χ1) is 9.58. The molecule has 0 amide bonds. The second kappa shape index (κ2) is 6.90. The van der Waals surface area contributed by atoms with Crippen LogP contribution in [-0.4, -0.2) is 24.1 Å². The zero-order chi connectivity index (χ0) is 14.5. The Morgan fingerprint density at radius 1 is 1.15 bits per heavy atom. The molecule has 0 aliphatic heterocycles. The monoisotopic (exact) mass is 299 g/mol. The molecule has 0 spiro atoms. The molecule has 0 bridgehead atoms. The Morgan fingerprint density at radius 2 is 1.80 bits per heavy atom. The Balaban J connectivity index is 1.88. The molecule has 0 unspecified atom stereocenters. The SMILES string of the molecule is CSC1(CNCC(F)(F)c2ccccc2)CCCCC1. The Morgan fingerprint density at radius 3 is 2.40 bits per heavy atom. The molecule has 2 rings (SSSR count). The molecule has 0 atom stereocenters. The lowest BCUT2D eigenvalue weighted by atomic mass is 9.88. The van der Waals surface area contributed by atoms with Crippen LogP contribution in [0.3, 0.4) is 0 Å². The summed E-state index contributed by atoms with van der Waals surface area (Å²) in [4.78, 5) is 0. The van der Waals surface area contributed by atoms with Crippen molar-refractivity contribution in [3.8, 4) is 0 Å². The first-order valence-electron chi connectivity index (χ1n) is 7.27. The third-order valence-corrected chi connectivity index (χ3v) is 5.61. The van der Waals surface area contributed by atoms with Crippen molar-refractivity contribution in [2.75, 3.05) is 19.3 Å². The van der Waals surface area contributed by atoms with Gasteiger partial charge in [-0.2, -0.15) is 20.5 Å². The molecule has 1 aromatic carbocycles. The maximum absolute atomic E-state index is 14.1. The molecule has 4 heteroatoms. The van der Waals surface area contributed by atoms with E-state index in [0.29, 0.717) is 6.54 Å². The number of hydrogen-bond acceptors (Lipinski definition) is 2. The summed E-state index contributed by atoms with van der Waals surface area (Å²) < 4.78 is 28.3. The predicted octanol–water partition coefficient (Wildman–Crippen LogP) is 4.43. The summed E-state index contributed by atoms with van der Waals surface area (Å²) in [5.74, 6) is -2.80. The van der Waals surface area contributed by atoms with Gasteiger partial charge in [0.1, 0.15) is 0 Å². The second-order valence-corrected chi connectivity index (χ2v) is 6.90. The maximum Gasteiger partial charge on any atom is 0.285 e. The Bertz CT molecular complexity index is 402. The van der Waals surface area contributed by atoms with Gasteiger partial charge in [0.2, 0.25) is 0 Å². The average Bonchev–Trinajstić information content (AvgIpc) is 2.49.